The molecule has 6 nitrogen and oxygen atoms in total. The lowest BCUT2D eigenvalue weighted by atomic mass is 9.91. The summed E-state index contributed by atoms with van der Waals surface area (Å²) in [5.41, 5.74) is 3.46. The molecule has 0 N–H and O–H groups in total. The molecule has 3 aromatic carbocycles. The number of fused-ring (bicyclic) bond motifs is 1. The predicted molar refractivity (Wildman–Crippen MR) is 157 cm³/mol. The Balaban J connectivity index is 1.71. The van der Waals surface area contributed by atoms with Gasteiger partial charge >= 0.3 is 5.97 Å². The van der Waals surface area contributed by atoms with E-state index < -0.39 is 21.3 Å². The average molecular weight is 585 g/mol. The molecule has 206 valence electrons. The van der Waals surface area contributed by atoms with Gasteiger partial charge < -0.3 is 4.74 Å². The Labute approximate surface area is 241 Å². The van der Waals surface area contributed by atoms with Crippen molar-refractivity contribution in [3.05, 3.63) is 100.0 Å². The molecule has 41 heavy (non-hydrogen) atoms. The van der Waals surface area contributed by atoms with Crippen molar-refractivity contribution in [3.8, 4) is 28.5 Å². The third-order valence-corrected chi connectivity index (χ3v) is 10.5. The maximum Gasteiger partial charge on any atom is 0.309 e. The summed E-state index contributed by atoms with van der Waals surface area (Å²) >= 11 is 1.23. The molecule has 1 aliphatic carbocycles. The molecule has 2 unspecified atom stereocenters. The van der Waals surface area contributed by atoms with E-state index in [0.29, 0.717) is 44.6 Å². The van der Waals surface area contributed by atoms with Gasteiger partial charge in [0.05, 0.1) is 29.1 Å². The molecule has 0 bridgehead atoms. The average Bonchev–Trinajstić information content (AvgIpc) is 3.29. The number of carbonyl (C=O) groups is 1. The molecule has 9 heteroatoms. The first-order chi connectivity index (χ1) is 19.6. The fourth-order valence-electron chi connectivity index (χ4n) is 5.62. The Morgan fingerprint density at radius 1 is 1.12 bits per heavy atom. The van der Waals surface area contributed by atoms with E-state index in [-0.39, 0.29) is 16.8 Å². The van der Waals surface area contributed by atoms with Gasteiger partial charge in [0, 0.05) is 27.5 Å². The van der Waals surface area contributed by atoms with E-state index in [2.05, 4.69) is 6.07 Å². The number of hydrogen-bond donors (Lipinski definition) is 0. The largest absolute Gasteiger partial charge is 0.469 e. The van der Waals surface area contributed by atoms with Crippen LogP contribution in [-0.4, -0.2) is 25.5 Å². The van der Waals surface area contributed by atoms with Crippen molar-refractivity contribution in [2.24, 2.45) is 5.92 Å². The first kappa shape index (κ1) is 26.9. The Hall–Kier alpha value is -4.26. The molecule has 2 aromatic heterocycles. The first-order valence-electron chi connectivity index (χ1n) is 12.9. The lowest BCUT2D eigenvalue weighted by Crippen LogP contribution is -2.15. The van der Waals surface area contributed by atoms with Crippen molar-refractivity contribution >= 4 is 38.2 Å². The Bertz CT molecular complexity index is 2000. The van der Waals surface area contributed by atoms with Crippen LogP contribution in [0.2, 0.25) is 0 Å². The summed E-state index contributed by atoms with van der Waals surface area (Å²) in [4.78, 5) is 12.8. The molecular weight excluding hydrogens is 559 g/mol. The van der Waals surface area contributed by atoms with Gasteiger partial charge in [-0.2, -0.15) is 5.26 Å². The Morgan fingerprint density at radius 2 is 1.88 bits per heavy atom. The topological polar surface area (TPSA) is 89.2 Å². The predicted octanol–water partition coefficient (Wildman–Crippen LogP) is 7.04. The molecule has 0 aliphatic heterocycles. The van der Waals surface area contributed by atoms with Crippen molar-refractivity contribution in [2.75, 3.05) is 7.11 Å². The number of halogens is 1. The molecule has 5 aromatic rings. The normalized spacial score (nSPS) is 18.3. The fraction of sp³-hybridized carbons (Fsp3) is 0.188. The quantitative estimate of drug-likeness (QED) is 0.200. The van der Waals surface area contributed by atoms with E-state index in [1.165, 1.54) is 40.6 Å². The number of rotatable bonds is 6. The SMILES string of the molecule is COC(=O)C1CC1(C)c1cccc(-c2c(-c3ccsc3C#N)c3cc(F)ccc3n2S(=O)(=O)c2ccc(C)cc2)c1. The summed E-state index contributed by atoms with van der Waals surface area (Å²) in [5.74, 6) is -1.12. The van der Waals surface area contributed by atoms with Crippen LogP contribution in [0.4, 0.5) is 4.39 Å². The number of esters is 1. The first-order valence-corrected chi connectivity index (χ1v) is 15.2. The number of methoxy groups -OCH3 is 1. The number of ether oxygens (including phenoxy) is 1. The standard InChI is InChI=1S/C32H25FN2O4S2/c1-19-7-10-23(11-8-19)41(37,38)35-27-12-9-22(33)16-25(27)29(24-13-14-40-28(24)18-34)30(35)20-5-4-6-21(15-20)32(2)17-26(32)31(36)39-3/h4-16,26H,17H2,1-3H3. The number of aromatic nitrogens is 1. The third kappa shape index (κ3) is 4.26. The molecule has 1 fully saturated rings. The molecule has 1 saturated carbocycles. The third-order valence-electron chi connectivity index (χ3n) is 8.00. The van der Waals surface area contributed by atoms with E-state index in [0.717, 1.165) is 11.1 Å². The second-order valence-corrected chi connectivity index (χ2v) is 13.2. The molecule has 2 heterocycles. The zero-order valence-electron chi connectivity index (χ0n) is 22.5. The van der Waals surface area contributed by atoms with Crippen LogP contribution in [0, 0.1) is 30.0 Å². The van der Waals surface area contributed by atoms with Crippen molar-refractivity contribution in [1.29, 1.82) is 5.26 Å². The lowest BCUT2D eigenvalue weighted by molar-refractivity contribution is -0.142. The molecule has 1 aliphatic rings. The Kier molecular flexibility index (Phi) is 6.36. The van der Waals surface area contributed by atoms with E-state index in [9.17, 15) is 22.9 Å². The van der Waals surface area contributed by atoms with Gasteiger partial charge in [0.1, 0.15) is 16.8 Å². The van der Waals surface area contributed by atoms with E-state index in [4.69, 9.17) is 4.74 Å². The van der Waals surface area contributed by atoms with Crippen LogP contribution in [0.25, 0.3) is 33.3 Å². The summed E-state index contributed by atoms with van der Waals surface area (Å²) in [6, 6.07) is 22.0. The van der Waals surface area contributed by atoms with Gasteiger partial charge in [-0.3, -0.25) is 4.79 Å². The molecule has 2 atom stereocenters. The molecule has 0 amide bonds. The van der Waals surface area contributed by atoms with E-state index >= 15 is 0 Å². The Morgan fingerprint density at radius 3 is 2.59 bits per heavy atom. The van der Waals surface area contributed by atoms with E-state index in [1.807, 2.05) is 32.0 Å². The van der Waals surface area contributed by atoms with Gasteiger partial charge in [0.2, 0.25) is 0 Å². The number of nitriles is 1. The number of hydrogen-bond acceptors (Lipinski definition) is 6. The summed E-state index contributed by atoms with van der Waals surface area (Å²) in [6.45, 7) is 3.86. The summed E-state index contributed by atoms with van der Waals surface area (Å²) < 4.78 is 49.8. The number of carbonyl (C=O) groups excluding carboxylic acids is 1. The monoisotopic (exact) mass is 584 g/mol. The van der Waals surface area contributed by atoms with Crippen molar-refractivity contribution < 1.29 is 22.3 Å². The minimum Gasteiger partial charge on any atom is -0.469 e. The summed E-state index contributed by atoms with van der Waals surface area (Å²) in [6.07, 6.45) is 0.606. The molecule has 0 saturated heterocycles. The van der Waals surface area contributed by atoms with Crippen LogP contribution < -0.4 is 0 Å². The number of nitrogens with zero attached hydrogens (tertiary/aromatic N) is 2. The fourth-order valence-corrected chi connectivity index (χ4v) is 7.86. The molecule has 6 rings (SSSR count). The number of thiophene rings is 1. The van der Waals surface area contributed by atoms with Crippen LogP contribution in [0.1, 0.15) is 29.3 Å². The van der Waals surface area contributed by atoms with Crippen LogP contribution in [0.15, 0.2) is 83.1 Å². The second-order valence-electron chi connectivity index (χ2n) is 10.5. The van der Waals surface area contributed by atoms with Crippen LogP contribution in [-0.2, 0) is 25.0 Å². The van der Waals surface area contributed by atoms with Gasteiger partial charge in [-0.1, -0.05) is 42.8 Å². The van der Waals surface area contributed by atoms with Gasteiger partial charge in [-0.15, -0.1) is 11.3 Å². The molecular formula is C32H25FN2O4S2. The summed E-state index contributed by atoms with van der Waals surface area (Å²) in [7, 11) is -2.82. The van der Waals surface area contributed by atoms with Gasteiger partial charge in [-0.25, -0.2) is 16.8 Å². The van der Waals surface area contributed by atoms with Gasteiger partial charge in [0.25, 0.3) is 10.0 Å². The van der Waals surface area contributed by atoms with Crippen LogP contribution in [0.5, 0.6) is 0 Å². The highest BCUT2D eigenvalue weighted by atomic mass is 32.2. The van der Waals surface area contributed by atoms with Crippen molar-refractivity contribution in [1.82, 2.24) is 3.97 Å². The highest BCUT2D eigenvalue weighted by Crippen LogP contribution is 2.55. The minimum atomic E-state index is -4.18. The van der Waals surface area contributed by atoms with E-state index in [1.54, 1.807) is 41.8 Å². The van der Waals surface area contributed by atoms with Gasteiger partial charge in [-0.05, 0) is 66.8 Å². The zero-order valence-corrected chi connectivity index (χ0v) is 24.1. The lowest BCUT2D eigenvalue weighted by Gasteiger charge is -2.17. The maximum atomic E-state index is 14.8. The smallest absolute Gasteiger partial charge is 0.309 e. The second kappa shape index (κ2) is 9.68. The maximum absolute atomic E-state index is 14.8. The number of benzene rings is 3. The van der Waals surface area contributed by atoms with Crippen molar-refractivity contribution in [3.63, 3.8) is 0 Å². The van der Waals surface area contributed by atoms with Gasteiger partial charge in [0.15, 0.2) is 0 Å². The van der Waals surface area contributed by atoms with Crippen molar-refractivity contribution in [2.45, 2.75) is 30.6 Å². The molecule has 0 radical (unpaired) electrons. The highest BCUT2D eigenvalue weighted by molar-refractivity contribution is 7.90. The van der Waals surface area contributed by atoms with Crippen LogP contribution >= 0.6 is 11.3 Å². The summed E-state index contributed by atoms with van der Waals surface area (Å²) in [5, 5.41) is 12.0. The molecule has 0 spiro atoms. The minimum absolute atomic E-state index is 0.0824. The van der Waals surface area contributed by atoms with Crippen LogP contribution in [0.3, 0.4) is 0 Å². The zero-order chi connectivity index (χ0) is 29.1. The highest BCUT2D eigenvalue weighted by Gasteiger charge is 2.56. The number of aryl methyl sites for hydroxylation is 1.